The zero-order valence-corrected chi connectivity index (χ0v) is 12.2. The average molecular weight is 285 g/mol. The molecular weight excluding hydrogens is 266 g/mol. The van der Waals surface area contributed by atoms with Crippen molar-refractivity contribution >= 4 is 6.21 Å². The highest BCUT2D eigenvalue weighted by molar-refractivity contribution is 5.79. The monoisotopic (exact) mass is 285 g/mol. The Balaban J connectivity index is 1.80. The fourth-order valence-corrected chi connectivity index (χ4v) is 1.89. The van der Waals surface area contributed by atoms with Crippen LogP contribution in [0, 0.1) is 13.8 Å². The Kier molecular flexibility index (Phi) is 5.21. The molecule has 2 rings (SSSR count). The summed E-state index contributed by atoms with van der Waals surface area (Å²) in [5.41, 5.74) is 3.11. The molecule has 1 N–H and O–H groups in total. The van der Waals surface area contributed by atoms with E-state index in [1.54, 1.807) is 0 Å². The van der Waals surface area contributed by atoms with Crippen LogP contribution < -0.4 is 9.47 Å². The molecule has 2 aromatic rings. The topological polar surface area (TPSA) is 51.0 Å². The van der Waals surface area contributed by atoms with Crippen molar-refractivity contribution < 1.29 is 14.7 Å². The van der Waals surface area contributed by atoms with Gasteiger partial charge in [0.15, 0.2) is 0 Å². The van der Waals surface area contributed by atoms with E-state index in [-0.39, 0.29) is 0 Å². The number of ether oxygens (including phenoxy) is 2. The number of aryl methyl sites for hydroxylation is 2. The lowest BCUT2D eigenvalue weighted by Gasteiger charge is -2.11. The summed E-state index contributed by atoms with van der Waals surface area (Å²) < 4.78 is 11.3. The van der Waals surface area contributed by atoms with Crippen LogP contribution in [0.4, 0.5) is 0 Å². The minimum Gasteiger partial charge on any atom is -0.490 e. The SMILES string of the molecule is Cc1ccc(C)c(OCCOc2ccc(C=NO)cc2)c1. The fourth-order valence-electron chi connectivity index (χ4n) is 1.89. The smallest absolute Gasteiger partial charge is 0.122 e. The summed E-state index contributed by atoms with van der Waals surface area (Å²) in [4.78, 5) is 0. The Morgan fingerprint density at radius 1 is 1.00 bits per heavy atom. The van der Waals surface area contributed by atoms with Crippen molar-refractivity contribution in [2.24, 2.45) is 5.16 Å². The van der Waals surface area contributed by atoms with Crippen molar-refractivity contribution in [3.8, 4) is 11.5 Å². The van der Waals surface area contributed by atoms with Crippen LogP contribution >= 0.6 is 0 Å². The quantitative estimate of drug-likeness (QED) is 0.382. The zero-order chi connectivity index (χ0) is 15.1. The number of benzene rings is 2. The van der Waals surface area contributed by atoms with E-state index in [2.05, 4.69) is 11.2 Å². The molecule has 0 saturated carbocycles. The van der Waals surface area contributed by atoms with Gasteiger partial charge in [-0.1, -0.05) is 17.3 Å². The summed E-state index contributed by atoms with van der Waals surface area (Å²) in [7, 11) is 0. The van der Waals surface area contributed by atoms with Gasteiger partial charge in [-0.2, -0.15) is 0 Å². The first-order valence-corrected chi connectivity index (χ1v) is 6.79. The third kappa shape index (κ3) is 4.53. The maximum Gasteiger partial charge on any atom is 0.122 e. The third-order valence-corrected chi connectivity index (χ3v) is 3.04. The Labute approximate surface area is 124 Å². The van der Waals surface area contributed by atoms with Crippen molar-refractivity contribution in [1.82, 2.24) is 0 Å². The summed E-state index contributed by atoms with van der Waals surface area (Å²) >= 11 is 0. The van der Waals surface area contributed by atoms with Crippen molar-refractivity contribution in [2.45, 2.75) is 13.8 Å². The molecule has 0 bridgehead atoms. The second-order valence-electron chi connectivity index (χ2n) is 4.78. The van der Waals surface area contributed by atoms with Crippen LogP contribution in [0.15, 0.2) is 47.6 Å². The van der Waals surface area contributed by atoms with Gasteiger partial charge in [0.2, 0.25) is 0 Å². The predicted molar refractivity (Wildman–Crippen MR) is 82.7 cm³/mol. The summed E-state index contributed by atoms with van der Waals surface area (Å²) in [6.45, 7) is 5.03. The summed E-state index contributed by atoms with van der Waals surface area (Å²) in [6.07, 6.45) is 1.37. The first-order chi connectivity index (χ1) is 10.2. The molecule has 0 radical (unpaired) electrons. The second kappa shape index (κ2) is 7.33. The highest BCUT2D eigenvalue weighted by Gasteiger charge is 2.00. The van der Waals surface area contributed by atoms with Gasteiger partial charge in [0, 0.05) is 0 Å². The maximum atomic E-state index is 8.43. The van der Waals surface area contributed by atoms with E-state index in [0.717, 1.165) is 22.6 Å². The van der Waals surface area contributed by atoms with E-state index < -0.39 is 0 Å². The maximum absolute atomic E-state index is 8.43. The Morgan fingerprint density at radius 2 is 1.71 bits per heavy atom. The van der Waals surface area contributed by atoms with Crippen LogP contribution in [-0.4, -0.2) is 24.6 Å². The number of hydrogen-bond donors (Lipinski definition) is 1. The molecule has 4 nitrogen and oxygen atoms in total. The normalized spacial score (nSPS) is 10.8. The molecule has 0 spiro atoms. The number of hydrogen-bond acceptors (Lipinski definition) is 4. The predicted octanol–water partition coefficient (Wildman–Crippen LogP) is 3.57. The molecule has 0 aromatic heterocycles. The first kappa shape index (κ1) is 14.9. The Hall–Kier alpha value is -2.49. The largest absolute Gasteiger partial charge is 0.490 e. The molecule has 0 saturated heterocycles. The van der Waals surface area contributed by atoms with Crippen LogP contribution in [0.3, 0.4) is 0 Å². The minimum atomic E-state index is 0.473. The van der Waals surface area contributed by atoms with Crippen molar-refractivity contribution in [3.63, 3.8) is 0 Å². The number of oxime groups is 1. The molecule has 21 heavy (non-hydrogen) atoms. The third-order valence-electron chi connectivity index (χ3n) is 3.04. The van der Waals surface area contributed by atoms with Gasteiger partial charge in [0.1, 0.15) is 24.7 Å². The Bertz CT molecular complexity index is 606. The average Bonchev–Trinajstić information content (AvgIpc) is 2.49. The lowest BCUT2D eigenvalue weighted by atomic mass is 10.1. The lowest BCUT2D eigenvalue weighted by molar-refractivity contribution is 0.216. The van der Waals surface area contributed by atoms with Gasteiger partial charge in [0.05, 0.1) is 6.21 Å². The van der Waals surface area contributed by atoms with Crippen molar-refractivity contribution in [1.29, 1.82) is 0 Å². The van der Waals surface area contributed by atoms with Crippen LogP contribution in [0.5, 0.6) is 11.5 Å². The molecule has 2 aromatic carbocycles. The van der Waals surface area contributed by atoms with Gasteiger partial charge in [0.25, 0.3) is 0 Å². The van der Waals surface area contributed by atoms with Gasteiger partial charge < -0.3 is 14.7 Å². The van der Waals surface area contributed by atoms with Crippen LogP contribution in [0.25, 0.3) is 0 Å². The van der Waals surface area contributed by atoms with Crippen molar-refractivity contribution in [3.05, 3.63) is 59.2 Å². The molecular formula is C17H19NO3. The molecule has 0 unspecified atom stereocenters. The van der Waals surface area contributed by atoms with Gasteiger partial charge >= 0.3 is 0 Å². The van der Waals surface area contributed by atoms with E-state index in [0.29, 0.717) is 13.2 Å². The molecule has 0 aliphatic rings. The van der Waals surface area contributed by atoms with Crippen molar-refractivity contribution in [2.75, 3.05) is 13.2 Å². The lowest BCUT2D eigenvalue weighted by Crippen LogP contribution is -2.09. The second-order valence-corrected chi connectivity index (χ2v) is 4.78. The van der Waals surface area contributed by atoms with Crippen LogP contribution in [0.2, 0.25) is 0 Å². The summed E-state index contributed by atoms with van der Waals surface area (Å²) in [5, 5.41) is 11.4. The highest BCUT2D eigenvalue weighted by Crippen LogP contribution is 2.19. The van der Waals surface area contributed by atoms with E-state index in [9.17, 15) is 0 Å². The van der Waals surface area contributed by atoms with Gasteiger partial charge in [-0.05, 0) is 60.9 Å². The number of nitrogens with zero attached hydrogens (tertiary/aromatic N) is 1. The van der Waals surface area contributed by atoms with Gasteiger partial charge in [-0.15, -0.1) is 0 Å². The summed E-state index contributed by atoms with van der Waals surface area (Å²) in [5.74, 6) is 1.66. The zero-order valence-electron chi connectivity index (χ0n) is 12.2. The first-order valence-electron chi connectivity index (χ1n) is 6.79. The molecule has 4 heteroatoms. The van der Waals surface area contributed by atoms with Crippen LogP contribution in [0.1, 0.15) is 16.7 Å². The highest BCUT2D eigenvalue weighted by atomic mass is 16.5. The van der Waals surface area contributed by atoms with E-state index in [1.165, 1.54) is 11.8 Å². The molecule has 0 aliphatic carbocycles. The van der Waals surface area contributed by atoms with E-state index in [4.69, 9.17) is 14.7 Å². The Morgan fingerprint density at radius 3 is 2.43 bits per heavy atom. The molecule has 110 valence electrons. The van der Waals surface area contributed by atoms with Gasteiger partial charge in [-0.3, -0.25) is 0 Å². The minimum absolute atomic E-state index is 0.473. The van der Waals surface area contributed by atoms with Gasteiger partial charge in [-0.25, -0.2) is 0 Å². The van der Waals surface area contributed by atoms with Crippen LogP contribution in [-0.2, 0) is 0 Å². The van der Waals surface area contributed by atoms with E-state index in [1.807, 2.05) is 50.2 Å². The molecule has 0 atom stereocenters. The number of rotatable bonds is 6. The molecule has 0 heterocycles. The molecule has 0 aliphatic heterocycles. The standard InChI is InChI=1S/C17H19NO3/c1-13-3-4-14(2)17(11-13)21-10-9-20-16-7-5-15(6-8-16)12-18-19/h3-8,11-12,19H,9-10H2,1-2H3. The molecule has 0 fully saturated rings. The molecule has 0 amide bonds. The summed E-state index contributed by atoms with van der Waals surface area (Å²) in [6, 6.07) is 13.4. The fraction of sp³-hybridized carbons (Fsp3) is 0.235. The van der Waals surface area contributed by atoms with E-state index >= 15 is 0 Å².